The first-order chi connectivity index (χ1) is 11.6. The predicted molar refractivity (Wildman–Crippen MR) is 85.0 cm³/mol. The molecule has 1 saturated carbocycles. The molecule has 0 bridgehead atoms. The number of carbonyl (C=O) groups is 2. The second kappa shape index (κ2) is 6.86. The lowest BCUT2D eigenvalue weighted by atomic mass is 9.57. The van der Waals surface area contributed by atoms with Crippen molar-refractivity contribution in [3.05, 3.63) is 29.6 Å². The average molecular weight is 334 g/mol. The number of carboxylic acids is 1. The van der Waals surface area contributed by atoms with Crippen LogP contribution in [0.4, 0.5) is 0 Å². The smallest absolute Gasteiger partial charge is 0.337 e. The summed E-state index contributed by atoms with van der Waals surface area (Å²) in [6.07, 6.45) is 3.87. The van der Waals surface area contributed by atoms with Crippen molar-refractivity contribution in [3.8, 4) is 0 Å². The van der Waals surface area contributed by atoms with Crippen LogP contribution in [-0.2, 0) is 9.47 Å². The number of hydrogen-bond acceptors (Lipinski definition) is 5. The number of nitrogens with one attached hydrogen (secondary N) is 1. The molecule has 24 heavy (non-hydrogen) atoms. The van der Waals surface area contributed by atoms with Crippen molar-refractivity contribution < 1.29 is 24.2 Å². The largest absolute Gasteiger partial charge is 0.478 e. The molecule has 7 heteroatoms. The number of aromatic carboxylic acids is 1. The van der Waals surface area contributed by atoms with E-state index in [2.05, 4.69) is 10.3 Å². The molecule has 3 rings (SSSR count). The molecule has 0 radical (unpaired) electrons. The summed E-state index contributed by atoms with van der Waals surface area (Å²) in [5.74, 6) is -1.34. The summed E-state index contributed by atoms with van der Waals surface area (Å²) >= 11 is 0. The maximum Gasteiger partial charge on any atom is 0.337 e. The summed E-state index contributed by atoms with van der Waals surface area (Å²) in [7, 11) is 0. The van der Waals surface area contributed by atoms with Crippen LogP contribution in [0.2, 0.25) is 0 Å². The lowest BCUT2D eigenvalue weighted by Crippen LogP contribution is -2.66. The Bertz CT molecular complexity index is 610. The molecule has 1 saturated heterocycles. The molecule has 1 aromatic heterocycles. The maximum absolute atomic E-state index is 12.4. The summed E-state index contributed by atoms with van der Waals surface area (Å²) < 4.78 is 11.3. The van der Waals surface area contributed by atoms with Gasteiger partial charge in [-0.25, -0.2) is 4.79 Å². The fourth-order valence-corrected chi connectivity index (χ4v) is 3.69. The first kappa shape index (κ1) is 16.9. The molecule has 2 fully saturated rings. The number of nitrogens with zero attached hydrogens (tertiary/aromatic N) is 1. The van der Waals surface area contributed by atoms with Crippen LogP contribution in [0.1, 0.15) is 47.0 Å². The Balaban J connectivity index is 1.68. The standard InChI is InChI=1S/C17H22N2O5/c1-2-24-14-9-13(17(14)5-7-23-8-6-17)19-15(20)12-4-3-11(10-18-12)16(21)22/h3-4,10,13-14H,2,5-9H2,1H3,(H,19,20)(H,21,22)/t13-,14-/m1/s1. The quantitative estimate of drug-likeness (QED) is 0.846. The zero-order chi connectivity index (χ0) is 17.2. The van der Waals surface area contributed by atoms with Crippen LogP contribution in [-0.4, -0.2) is 53.9 Å². The Labute approximate surface area is 140 Å². The van der Waals surface area contributed by atoms with Crippen LogP contribution in [0.15, 0.2) is 18.3 Å². The molecule has 1 aliphatic heterocycles. The lowest BCUT2D eigenvalue weighted by molar-refractivity contribution is -0.170. The number of amides is 1. The molecule has 130 valence electrons. The molecule has 2 heterocycles. The summed E-state index contributed by atoms with van der Waals surface area (Å²) in [6.45, 7) is 4.00. The lowest BCUT2D eigenvalue weighted by Gasteiger charge is -2.57. The van der Waals surface area contributed by atoms with Gasteiger partial charge in [-0.2, -0.15) is 0 Å². The first-order valence-corrected chi connectivity index (χ1v) is 8.26. The van der Waals surface area contributed by atoms with E-state index in [0.717, 1.165) is 19.3 Å². The van der Waals surface area contributed by atoms with Gasteiger partial charge in [0.2, 0.25) is 0 Å². The van der Waals surface area contributed by atoms with Gasteiger partial charge in [-0.05, 0) is 38.3 Å². The van der Waals surface area contributed by atoms with Gasteiger partial charge in [-0.15, -0.1) is 0 Å². The van der Waals surface area contributed by atoms with Gasteiger partial charge in [0.1, 0.15) is 5.69 Å². The first-order valence-electron chi connectivity index (χ1n) is 8.26. The topological polar surface area (TPSA) is 97.8 Å². The van der Waals surface area contributed by atoms with Gasteiger partial charge in [0.05, 0.1) is 11.7 Å². The Kier molecular flexibility index (Phi) is 4.82. The highest BCUT2D eigenvalue weighted by Gasteiger charge is 2.56. The summed E-state index contributed by atoms with van der Waals surface area (Å²) in [5, 5.41) is 11.9. The van der Waals surface area contributed by atoms with Crippen molar-refractivity contribution in [1.82, 2.24) is 10.3 Å². The third kappa shape index (κ3) is 3.01. The van der Waals surface area contributed by atoms with E-state index in [1.54, 1.807) is 0 Å². The zero-order valence-electron chi connectivity index (χ0n) is 13.7. The number of carboxylic acid groups (broad SMARTS) is 1. The highest BCUT2D eigenvalue weighted by molar-refractivity contribution is 5.94. The molecule has 1 aromatic rings. The average Bonchev–Trinajstić information content (AvgIpc) is 2.61. The van der Waals surface area contributed by atoms with E-state index in [0.29, 0.717) is 19.8 Å². The van der Waals surface area contributed by atoms with Crippen molar-refractivity contribution >= 4 is 11.9 Å². The van der Waals surface area contributed by atoms with Gasteiger partial charge in [-0.1, -0.05) is 0 Å². The van der Waals surface area contributed by atoms with Crippen molar-refractivity contribution in [2.45, 2.75) is 38.3 Å². The molecule has 1 amide bonds. The van der Waals surface area contributed by atoms with Gasteiger partial charge in [-0.3, -0.25) is 9.78 Å². The molecule has 0 unspecified atom stereocenters. The normalized spacial score (nSPS) is 25.0. The number of ether oxygens (including phenoxy) is 2. The molecule has 2 aliphatic rings. The van der Waals surface area contributed by atoms with Gasteiger partial charge >= 0.3 is 5.97 Å². The molecule has 2 N–H and O–H groups in total. The van der Waals surface area contributed by atoms with Crippen molar-refractivity contribution in [2.24, 2.45) is 5.41 Å². The van der Waals surface area contributed by atoms with Crippen LogP contribution >= 0.6 is 0 Å². The zero-order valence-corrected chi connectivity index (χ0v) is 13.7. The maximum atomic E-state index is 12.4. The van der Waals surface area contributed by atoms with Crippen LogP contribution < -0.4 is 5.32 Å². The molecule has 7 nitrogen and oxygen atoms in total. The monoisotopic (exact) mass is 334 g/mol. The summed E-state index contributed by atoms with van der Waals surface area (Å²) in [5.41, 5.74) is 0.222. The minimum Gasteiger partial charge on any atom is -0.478 e. The molecular formula is C17H22N2O5. The molecule has 1 spiro atoms. The second-order valence-corrected chi connectivity index (χ2v) is 6.29. The van der Waals surface area contributed by atoms with E-state index in [1.807, 2.05) is 6.92 Å². The van der Waals surface area contributed by atoms with E-state index in [9.17, 15) is 9.59 Å². The fraction of sp³-hybridized carbons (Fsp3) is 0.588. The SMILES string of the molecule is CCO[C@@H]1C[C@@H](NC(=O)c2ccc(C(=O)O)cn2)C12CCOCC2. The molecule has 0 aromatic carbocycles. The minimum atomic E-state index is -1.06. The summed E-state index contributed by atoms with van der Waals surface area (Å²) in [6, 6.07) is 2.86. The Morgan fingerprint density at radius 1 is 1.42 bits per heavy atom. The molecular weight excluding hydrogens is 312 g/mol. The molecule has 2 atom stereocenters. The third-order valence-electron chi connectivity index (χ3n) is 5.12. The number of carbonyl (C=O) groups excluding carboxylic acids is 1. The fourth-order valence-electron chi connectivity index (χ4n) is 3.69. The minimum absolute atomic E-state index is 0.0337. The highest BCUT2D eigenvalue weighted by Crippen LogP contribution is 2.50. The van der Waals surface area contributed by atoms with Gasteiger partial charge in [0.15, 0.2) is 0 Å². The van der Waals surface area contributed by atoms with E-state index in [-0.39, 0.29) is 34.7 Å². The van der Waals surface area contributed by atoms with Gasteiger partial charge in [0.25, 0.3) is 5.91 Å². The Hall–Kier alpha value is -1.99. The van der Waals surface area contributed by atoms with E-state index < -0.39 is 5.97 Å². The van der Waals surface area contributed by atoms with Gasteiger partial charge < -0.3 is 19.9 Å². The van der Waals surface area contributed by atoms with E-state index in [1.165, 1.54) is 18.3 Å². The highest BCUT2D eigenvalue weighted by atomic mass is 16.5. The van der Waals surface area contributed by atoms with Crippen LogP contribution in [0.25, 0.3) is 0 Å². The number of aromatic nitrogens is 1. The predicted octanol–water partition coefficient (Wildman–Crippen LogP) is 1.48. The van der Waals surface area contributed by atoms with Crippen LogP contribution in [0.3, 0.4) is 0 Å². The van der Waals surface area contributed by atoms with Crippen molar-refractivity contribution in [1.29, 1.82) is 0 Å². The van der Waals surface area contributed by atoms with Crippen molar-refractivity contribution in [2.75, 3.05) is 19.8 Å². The van der Waals surface area contributed by atoms with Crippen LogP contribution in [0, 0.1) is 5.41 Å². The Morgan fingerprint density at radius 2 is 2.17 bits per heavy atom. The Morgan fingerprint density at radius 3 is 2.75 bits per heavy atom. The van der Waals surface area contributed by atoms with E-state index >= 15 is 0 Å². The van der Waals surface area contributed by atoms with Gasteiger partial charge in [0, 0.05) is 37.5 Å². The van der Waals surface area contributed by atoms with Crippen LogP contribution in [0.5, 0.6) is 0 Å². The molecule has 1 aliphatic carbocycles. The second-order valence-electron chi connectivity index (χ2n) is 6.29. The van der Waals surface area contributed by atoms with E-state index in [4.69, 9.17) is 14.6 Å². The summed E-state index contributed by atoms with van der Waals surface area (Å²) in [4.78, 5) is 27.2. The number of hydrogen-bond donors (Lipinski definition) is 2. The number of rotatable bonds is 5. The third-order valence-corrected chi connectivity index (χ3v) is 5.12. The van der Waals surface area contributed by atoms with Crippen molar-refractivity contribution in [3.63, 3.8) is 0 Å². The number of pyridine rings is 1.